The highest BCUT2D eigenvalue weighted by atomic mass is 79.9. The van der Waals surface area contributed by atoms with Gasteiger partial charge in [0, 0.05) is 11.1 Å². The van der Waals surface area contributed by atoms with Gasteiger partial charge in [-0.15, -0.1) is 0 Å². The summed E-state index contributed by atoms with van der Waals surface area (Å²) < 4.78 is 0.916. The number of hydrogen-bond acceptors (Lipinski definition) is 2. The molecule has 0 saturated carbocycles. The lowest BCUT2D eigenvalue weighted by molar-refractivity contribution is 0.281. The molecule has 0 heterocycles. The Kier molecular flexibility index (Phi) is 4.87. The minimum absolute atomic E-state index is 0.0300. The van der Waals surface area contributed by atoms with Crippen LogP contribution in [0.3, 0.4) is 0 Å². The molecule has 0 aliphatic carbocycles. The summed E-state index contributed by atoms with van der Waals surface area (Å²) in [5, 5.41) is 17.6. The Balaban J connectivity index is 2.79. The van der Waals surface area contributed by atoms with Gasteiger partial charge >= 0.3 is 0 Å². The van der Waals surface area contributed by atoms with E-state index in [1.165, 1.54) is 0 Å². The van der Waals surface area contributed by atoms with E-state index in [9.17, 15) is 0 Å². The Labute approximate surface area is 92.0 Å². The number of halogens is 1. The molecule has 76 valence electrons. The third-order valence-electron chi connectivity index (χ3n) is 1.85. The van der Waals surface area contributed by atoms with Gasteiger partial charge in [-0.2, -0.15) is 0 Å². The van der Waals surface area contributed by atoms with Crippen LogP contribution >= 0.6 is 15.9 Å². The standard InChI is InChI=1S/C11H13BrO2/c12-11-5-4-9(3-1-2-6-13)7-10(11)8-14/h1,3-5,7,13-14H,2,6,8H2. The molecule has 0 aliphatic rings. The van der Waals surface area contributed by atoms with Crippen molar-refractivity contribution < 1.29 is 10.2 Å². The Hall–Kier alpha value is -0.640. The minimum Gasteiger partial charge on any atom is -0.396 e. The zero-order chi connectivity index (χ0) is 10.4. The molecule has 0 amide bonds. The first kappa shape index (κ1) is 11.4. The molecule has 0 radical (unpaired) electrons. The average Bonchev–Trinajstić information content (AvgIpc) is 2.21. The van der Waals surface area contributed by atoms with Crippen LogP contribution in [0.25, 0.3) is 6.08 Å². The molecule has 3 heteroatoms. The molecule has 0 atom stereocenters. The van der Waals surface area contributed by atoms with Gasteiger partial charge in [0.1, 0.15) is 0 Å². The van der Waals surface area contributed by atoms with Crippen molar-refractivity contribution in [3.05, 3.63) is 39.9 Å². The number of rotatable bonds is 4. The van der Waals surface area contributed by atoms with Crippen molar-refractivity contribution in [2.75, 3.05) is 6.61 Å². The molecule has 1 rings (SSSR count). The van der Waals surface area contributed by atoms with Crippen molar-refractivity contribution in [3.63, 3.8) is 0 Å². The maximum atomic E-state index is 9.02. The highest BCUT2D eigenvalue weighted by Crippen LogP contribution is 2.19. The largest absolute Gasteiger partial charge is 0.396 e. The van der Waals surface area contributed by atoms with Crippen LogP contribution in [0.15, 0.2) is 28.7 Å². The van der Waals surface area contributed by atoms with Gasteiger partial charge in [0.05, 0.1) is 6.61 Å². The number of benzene rings is 1. The highest BCUT2D eigenvalue weighted by molar-refractivity contribution is 9.10. The second kappa shape index (κ2) is 5.96. The fourth-order valence-electron chi connectivity index (χ4n) is 1.11. The van der Waals surface area contributed by atoms with Crippen LogP contribution in [-0.4, -0.2) is 16.8 Å². The molecule has 0 unspecified atom stereocenters. The second-order valence-corrected chi connectivity index (χ2v) is 3.78. The molecule has 14 heavy (non-hydrogen) atoms. The maximum absolute atomic E-state index is 9.02. The van der Waals surface area contributed by atoms with E-state index in [0.29, 0.717) is 6.42 Å². The normalized spacial score (nSPS) is 11.1. The Bertz CT molecular complexity index is 321. The zero-order valence-corrected chi connectivity index (χ0v) is 9.37. The van der Waals surface area contributed by atoms with E-state index >= 15 is 0 Å². The molecule has 1 aromatic rings. The SMILES string of the molecule is OCCC=Cc1ccc(Br)c(CO)c1. The molecular formula is C11H13BrO2. The summed E-state index contributed by atoms with van der Waals surface area (Å²) in [4.78, 5) is 0. The predicted molar refractivity (Wildman–Crippen MR) is 60.8 cm³/mol. The average molecular weight is 257 g/mol. The van der Waals surface area contributed by atoms with Gasteiger partial charge < -0.3 is 10.2 Å². The van der Waals surface area contributed by atoms with Gasteiger partial charge in [0.2, 0.25) is 0 Å². The summed E-state index contributed by atoms with van der Waals surface area (Å²) in [7, 11) is 0. The number of aliphatic hydroxyl groups excluding tert-OH is 2. The smallest absolute Gasteiger partial charge is 0.0693 e. The molecule has 0 saturated heterocycles. The lowest BCUT2D eigenvalue weighted by Crippen LogP contribution is -1.86. The monoisotopic (exact) mass is 256 g/mol. The topological polar surface area (TPSA) is 40.5 Å². The van der Waals surface area contributed by atoms with E-state index in [-0.39, 0.29) is 13.2 Å². The van der Waals surface area contributed by atoms with E-state index in [1.807, 2.05) is 30.4 Å². The van der Waals surface area contributed by atoms with Crippen LogP contribution in [0, 0.1) is 0 Å². The van der Waals surface area contributed by atoms with Gasteiger partial charge in [-0.05, 0) is 29.7 Å². The summed E-state index contributed by atoms with van der Waals surface area (Å²) in [6.45, 7) is 0.197. The molecule has 0 fully saturated rings. The first-order valence-electron chi connectivity index (χ1n) is 4.44. The summed E-state index contributed by atoms with van der Waals surface area (Å²) in [6, 6.07) is 5.78. The molecule has 2 nitrogen and oxygen atoms in total. The number of aliphatic hydroxyl groups is 2. The minimum atomic E-state index is 0.0300. The highest BCUT2D eigenvalue weighted by Gasteiger charge is 1.97. The van der Waals surface area contributed by atoms with E-state index in [2.05, 4.69) is 15.9 Å². The third kappa shape index (κ3) is 3.25. The van der Waals surface area contributed by atoms with Crippen molar-refractivity contribution in [3.8, 4) is 0 Å². The fourth-order valence-corrected chi connectivity index (χ4v) is 1.49. The van der Waals surface area contributed by atoms with Gasteiger partial charge in [-0.3, -0.25) is 0 Å². The van der Waals surface area contributed by atoms with Crippen molar-refractivity contribution in [1.29, 1.82) is 0 Å². The molecule has 1 aromatic carbocycles. The summed E-state index contributed by atoms with van der Waals surface area (Å²) in [5.74, 6) is 0. The molecule has 0 aliphatic heterocycles. The van der Waals surface area contributed by atoms with Crippen molar-refractivity contribution in [2.45, 2.75) is 13.0 Å². The van der Waals surface area contributed by atoms with E-state index in [1.54, 1.807) is 0 Å². The molecule has 2 N–H and O–H groups in total. The Morgan fingerprint density at radius 3 is 2.71 bits per heavy atom. The molecule has 0 bridgehead atoms. The summed E-state index contributed by atoms with van der Waals surface area (Å²) in [5.41, 5.74) is 1.90. The Morgan fingerprint density at radius 2 is 2.07 bits per heavy atom. The van der Waals surface area contributed by atoms with Crippen LogP contribution in [0.4, 0.5) is 0 Å². The predicted octanol–water partition coefficient (Wildman–Crippen LogP) is 2.34. The van der Waals surface area contributed by atoms with Crippen LogP contribution in [0.5, 0.6) is 0 Å². The van der Waals surface area contributed by atoms with Crippen molar-refractivity contribution in [1.82, 2.24) is 0 Å². The quantitative estimate of drug-likeness (QED) is 0.869. The van der Waals surface area contributed by atoms with Gasteiger partial charge in [0.15, 0.2) is 0 Å². The van der Waals surface area contributed by atoms with E-state index < -0.39 is 0 Å². The number of hydrogen-bond donors (Lipinski definition) is 2. The van der Waals surface area contributed by atoms with Crippen LogP contribution in [-0.2, 0) is 6.61 Å². The van der Waals surface area contributed by atoms with Crippen LogP contribution in [0.2, 0.25) is 0 Å². The van der Waals surface area contributed by atoms with Gasteiger partial charge in [-0.1, -0.05) is 34.1 Å². The molecule has 0 spiro atoms. The fraction of sp³-hybridized carbons (Fsp3) is 0.273. The van der Waals surface area contributed by atoms with Crippen molar-refractivity contribution >= 4 is 22.0 Å². The summed E-state index contributed by atoms with van der Waals surface area (Å²) in [6.07, 6.45) is 4.50. The van der Waals surface area contributed by atoms with Crippen molar-refractivity contribution in [2.24, 2.45) is 0 Å². The first-order valence-corrected chi connectivity index (χ1v) is 5.24. The van der Waals surface area contributed by atoms with Crippen LogP contribution in [0.1, 0.15) is 17.5 Å². The van der Waals surface area contributed by atoms with E-state index in [0.717, 1.165) is 15.6 Å². The molecular weight excluding hydrogens is 244 g/mol. The van der Waals surface area contributed by atoms with E-state index in [4.69, 9.17) is 10.2 Å². The van der Waals surface area contributed by atoms with Gasteiger partial charge in [-0.25, -0.2) is 0 Å². The Morgan fingerprint density at radius 1 is 1.29 bits per heavy atom. The molecule has 0 aromatic heterocycles. The van der Waals surface area contributed by atoms with Gasteiger partial charge in [0.25, 0.3) is 0 Å². The van der Waals surface area contributed by atoms with Crippen LogP contribution < -0.4 is 0 Å². The summed E-state index contributed by atoms with van der Waals surface area (Å²) >= 11 is 3.35. The lowest BCUT2D eigenvalue weighted by Gasteiger charge is -2.01. The maximum Gasteiger partial charge on any atom is 0.0693 e. The third-order valence-corrected chi connectivity index (χ3v) is 2.62. The lowest BCUT2D eigenvalue weighted by atomic mass is 10.1. The first-order chi connectivity index (χ1) is 6.77. The second-order valence-electron chi connectivity index (χ2n) is 2.92. The zero-order valence-electron chi connectivity index (χ0n) is 7.78.